The van der Waals surface area contributed by atoms with Crippen LogP contribution >= 0.6 is 11.3 Å². The van der Waals surface area contributed by atoms with Gasteiger partial charge in [0.05, 0.1) is 5.69 Å². The van der Waals surface area contributed by atoms with E-state index in [1.165, 1.54) is 11.3 Å². The summed E-state index contributed by atoms with van der Waals surface area (Å²) in [6.07, 6.45) is 5.22. The molecule has 1 saturated heterocycles. The Morgan fingerprint density at radius 1 is 1.06 bits per heavy atom. The second-order valence-electron chi connectivity index (χ2n) is 7.70. The topological polar surface area (TPSA) is 72.8 Å². The van der Waals surface area contributed by atoms with E-state index in [0.717, 1.165) is 21.9 Å². The van der Waals surface area contributed by atoms with Crippen LogP contribution in [0.4, 0.5) is 0 Å². The fraction of sp³-hybridized carbons (Fsp3) is 0.304. The van der Waals surface area contributed by atoms with E-state index in [9.17, 15) is 9.59 Å². The lowest BCUT2D eigenvalue weighted by molar-refractivity contribution is -0.126. The molecule has 1 N–H and O–H groups in total. The zero-order valence-corrected chi connectivity index (χ0v) is 17.8. The third-order valence-corrected chi connectivity index (χ3v) is 6.67. The summed E-state index contributed by atoms with van der Waals surface area (Å²) in [4.78, 5) is 28.3. The maximum Gasteiger partial charge on any atom is 0.266 e. The highest BCUT2D eigenvalue weighted by Crippen LogP contribution is 2.32. The van der Waals surface area contributed by atoms with Gasteiger partial charge in [-0.3, -0.25) is 9.59 Å². The van der Waals surface area contributed by atoms with Gasteiger partial charge in [-0.1, -0.05) is 6.07 Å². The third-order valence-electron chi connectivity index (χ3n) is 5.78. The number of hydrogen-bond donors (Lipinski definition) is 1. The highest BCUT2D eigenvalue weighted by Gasteiger charge is 2.29. The van der Waals surface area contributed by atoms with Crippen molar-refractivity contribution in [2.45, 2.75) is 19.4 Å². The highest BCUT2D eigenvalue weighted by atomic mass is 32.1. The quantitative estimate of drug-likeness (QED) is 0.664. The van der Waals surface area contributed by atoms with Crippen molar-refractivity contribution in [3.05, 3.63) is 64.6 Å². The van der Waals surface area contributed by atoms with Crippen molar-refractivity contribution in [3.8, 4) is 17.2 Å². The molecule has 0 bridgehead atoms. The normalized spacial score (nSPS) is 15.8. The number of rotatable bonds is 5. The lowest BCUT2D eigenvalue weighted by Gasteiger charge is -2.31. The highest BCUT2D eigenvalue weighted by molar-refractivity contribution is 7.12. The number of benzene rings is 1. The number of carbonyl (C=O) groups is 2. The fourth-order valence-corrected chi connectivity index (χ4v) is 4.89. The first kappa shape index (κ1) is 19.7. The first-order valence-electron chi connectivity index (χ1n) is 10.4. The number of hydrogen-bond acceptors (Lipinski definition) is 5. The minimum atomic E-state index is -0.0784. The molecule has 0 saturated carbocycles. The average molecular weight is 438 g/mol. The van der Waals surface area contributed by atoms with E-state index in [1.54, 1.807) is 0 Å². The Hall–Kier alpha value is -3.26. The van der Waals surface area contributed by atoms with Gasteiger partial charge in [-0.05, 0) is 54.1 Å². The molecule has 2 aromatic heterocycles. The predicted octanol–water partition coefficient (Wildman–Crippen LogP) is 3.44. The second-order valence-corrected chi connectivity index (χ2v) is 8.61. The number of nitrogens with zero attached hydrogens (tertiary/aromatic N) is 2. The van der Waals surface area contributed by atoms with E-state index in [0.29, 0.717) is 38.2 Å². The molecule has 0 unspecified atom stereocenters. The van der Waals surface area contributed by atoms with Crippen molar-refractivity contribution in [2.24, 2.45) is 5.92 Å². The molecule has 0 spiro atoms. The number of thiophene rings is 1. The van der Waals surface area contributed by atoms with E-state index in [4.69, 9.17) is 9.47 Å². The largest absolute Gasteiger partial charge is 0.454 e. The smallest absolute Gasteiger partial charge is 0.266 e. The fourth-order valence-electron chi connectivity index (χ4n) is 4.03. The van der Waals surface area contributed by atoms with E-state index < -0.39 is 0 Å². The van der Waals surface area contributed by atoms with E-state index in [-0.39, 0.29) is 24.5 Å². The van der Waals surface area contributed by atoms with Crippen molar-refractivity contribution >= 4 is 23.2 Å². The van der Waals surface area contributed by atoms with Gasteiger partial charge in [0, 0.05) is 37.9 Å². The lowest BCUT2D eigenvalue weighted by atomic mass is 9.95. The summed E-state index contributed by atoms with van der Waals surface area (Å²) in [6, 6.07) is 11.5. The van der Waals surface area contributed by atoms with Crippen molar-refractivity contribution in [1.29, 1.82) is 0 Å². The van der Waals surface area contributed by atoms with Crippen LogP contribution in [-0.4, -0.2) is 41.2 Å². The van der Waals surface area contributed by atoms with Crippen LogP contribution in [0.2, 0.25) is 0 Å². The number of piperidine rings is 1. The van der Waals surface area contributed by atoms with Gasteiger partial charge in [-0.25, -0.2) is 0 Å². The molecule has 2 amide bonds. The summed E-state index contributed by atoms with van der Waals surface area (Å²) in [5.74, 6) is 1.45. The van der Waals surface area contributed by atoms with Crippen LogP contribution in [0.3, 0.4) is 0 Å². The molecule has 0 radical (unpaired) electrons. The molecular formula is C23H23N3O4S. The van der Waals surface area contributed by atoms with E-state index >= 15 is 0 Å². The predicted molar refractivity (Wildman–Crippen MR) is 117 cm³/mol. The standard InChI is InChI=1S/C23H23N3O4S/c27-22(24-14-16-3-4-19-20(13-16)30-15-29-19)17-5-10-26(11-6-17)23(28)21-18(7-12-31-21)25-8-1-2-9-25/h1-4,7-9,12-13,17H,5-6,10-11,14-15H2,(H,24,27). The van der Waals surface area contributed by atoms with Crippen LogP contribution in [-0.2, 0) is 11.3 Å². The van der Waals surface area contributed by atoms with Crippen LogP contribution in [0.15, 0.2) is 54.2 Å². The molecule has 3 aromatic rings. The monoisotopic (exact) mass is 437 g/mol. The summed E-state index contributed by atoms with van der Waals surface area (Å²) in [6.45, 7) is 1.86. The summed E-state index contributed by atoms with van der Waals surface area (Å²) >= 11 is 1.46. The van der Waals surface area contributed by atoms with Crippen LogP contribution in [0, 0.1) is 5.92 Å². The Balaban J connectivity index is 1.15. The molecule has 0 aliphatic carbocycles. The number of nitrogens with one attached hydrogen (secondary N) is 1. The summed E-state index contributed by atoms with van der Waals surface area (Å²) < 4.78 is 12.7. The first-order chi connectivity index (χ1) is 15.2. The molecule has 2 aliphatic rings. The van der Waals surface area contributed by atoms with Crippen molar-refractivity contribution in [3.63, 3.8) is 0 Å². The van der Waals surface area contributed by atoms with Crippen molar-refractivity contribution in [1.82, 2.24) is 14.8 Å². The lowest BCUT2D eigenvalue weighted by Crippen LogP contribution is -2.42. The number of ether oxygens (including phenoxy) is 2. The van der Waals surface area contributed by atoms with Crippen molar-refractivity contribution < 1.29 is 19.1 Å². The van der Waals surface area contributed by atoms with Gasteiger partial charge in [0.25, 0.3) is 5.91 Å². The molecule has 5 rings (SSSR count). The Kier molecular flexibility index (Phi) is 5.38. The third kappa shape index (κ3) is 4.03. The second kappa shape index (κ2) is 8.47. The van der Waals surface area contributed by atoms with Gasteiger partial charge in [-0.15, -0.1) is 11.3 Å². The molecule has 1 fully saturated rings. The Bertz CT molecular complexity index is 1080. The van der Waals surface area contributed by atoms with E-state index in [2.05, 4.69) is 5.32 Å². The number of likely N-dealkylation sites (tertiary alicyclic amines) is 1. The number of amides is 2. The molecule has 4 heterocycles. The van der Waals surface area contributed by atoms with Crippen LogP contribution in [0.25, 0.3) is 5.69 Å². The number of fused-ring (bicyclic) bond motifs is 1. The Morgan fingerprint density at radius 3 is 2.65 bits per heavy atom. The molecule has 2 aliphatic heterocycles. The minimum absolute atomic E-state index is 0.0360. The van der Waals surface area contributed by atoms with Crippen LogP contribution in [0.1, 0.15) is 28.1 Å². The number of carbonyl (C=O) groups excluding carboxylic acids is 2. The SMILES string of the molecule is O=C(NCc1ccc2c(c1)OCO2)C1CCN(C(=O)c2sccc2-n2cccc2)CC1. The molecule has 7 nitrogen and oxygen atoms in total. The molecule has 8 heteroatoms. The van der Waals surface area contributed by atoms with Gasteiger partial charge in [0.15, 0.2) is 11.5 Å². The summed E-state index contributed by atoms with van der Waals surface area (Å²) in [5, 5.41) is 4.96. The minimum Gasteiger partial charge on any atom is -0.454 e. The van der Waals surface area contributed by atoms with Gasteiger partial charge < -0.3 is 24.3 Å². The number of aromatic nitrogens is 1. The molecular weight excluding hydrogens is 414 g/mol. The van der Waals surface area contributed by atoms with Gasteiger partial charge in [-0.2, -0.15) is 0 Å². The van der Waals surface area contributed by atoms with Crippen molar-refractivity contribution in [2.75, 3.05) is 19.9 Å². The zero-order chi connectivity index (χ0) is 21.2. The van der Waals surface area contributed by atoms with Crippen LogP contribution < -0.4 is 14.8 Å². The maximum atomic E-state index is 13.1. The van der Waals surface area contributed by atoms with Gasteiger partial charge >= 0.3 is 0 Å². The molecule has 31 heavy (non-hydrogen) atoms. The molecule has 160 valence electrons. The van der Waals surface area contributed by atoms with Gasteiger partial charge in [0.1, 0.15) is 4.88 Å². The summed E-state index contributed by atoms with van der Waals surface area (Å²) in [5.41, 5.74) is 1.88. The Morgan fingerprint density at radius 2 is 1.84 bits per heavy atom. The first-order valence-corrected chi connectivity index (χ1v) is 11.2. The zero-order valence-electron chi connectivity index (χ0n) is 17.0. The van der Waals surface area contributed by atoms with Gasteiger partial charge in [0.2, 0.25) is 12.7 Å². The van der Waals surface area contributed by atoms with E-state index in [1.807, 2.05) is 63.6 Å². The average Bonchev–Trinajstić information content (AvgIpc) is 3.57. The molecule has 1 aromatic carbocycles. The summed E-state index contributed by atoms with van der Waals surface area (Å²) in [7, 11) is 0. The Labute approximate surface area is 184 Å². The maximum absolute atomic E-state index is 13.1. The van der Waals surface area contributed by atoms with Crippen LogP contribution in [0.5, 0.6) is 11.5 Å². The molecule has 0 atom stereocenters.